The van der Waals surface area contributed by atoms with Gasteiger partial charge in [-0.1, -0.05) is 32.6 Å². The Morgan fingerprint density at radius 2 is 2.17 bits per heavy atom. The highest BCUT2D eigenvalue weighted by Gasteiger charge is 2.09. The van der Waals surface area contributed by atoms with Gasteiger partial charge in [0.1, 0.15) is 6.33 Å². The molecule has 98 valence electrons. The number of nitrogens with zero attached hydrogens (tertiary/aromatic N) is 4. The van der Waals surface area contributed by atoms with Gasteiger partial charge in [0.2, 0.25) is 5.91 Å². The summed E-state index contributed by atoms with van der Waals surface area (Å²) in [5.74, 6) is 0.810. The van der Waals surface area contributed by atoms with Gasteiger partial charge in [-0.05, 0) is 6.42 Å². The molecule has 0 radical (unpaired) electrons. The third-order valence-electron chi connectivity index (χ3n) is 2.77. The summed E-state index contributed by atoms with van der Waals surface area (Å²) in [5, 5.41) is 13.2. The van der Waals surface area contributed by atoms with Crippen molar-refractivity contribution in [1.82, 2.24) is 24.8 Å². The maximum Gasteiger partial charge on any atom is 0.273 e. The second-order valence-corrected chi connectivity index (χ2v) is 4.26. The molecule has 0 bridgehead atoms. The van der Waals surface area contributed by atoms with Gasteiger partial charge in [0.25, 0.3) is 11.7 Å². The SMILES string of the molecule is CCCCCCCC(=O)Nc1nnc2nc[nH]n12. The number of H-pyrrole nitrogens is 1. The highest BCUT2D eigenvalue weighted by Crippen LogP contribution is 2.07. The molecule has 0 spiro atoms. The van der Waals surface area contributed by atoms with E-state index in [0.717, 1.165) is 12.8 Å². The molecule has 0 saturated carbocycles. The molecule has 0 aliphatic rings. The first-order valence-corrected chi connectivity index (χ1v) is 6.35. The topological polar surface area (TPSA) is 88.0 Å². The summed E-state index contributed by atoms with van der Waals surface area (Å²) in [4.78, 5) is 15.6. The molecule has 0 unspecified atom stereocenters. The number of hydrogen-bond donors (Lipinski definition) is 2. The van der Waals surface area contributed by atoms with E-state index in [-0.39, 0.29) is 5.91 Å². The van der Waals surface area contributed by atoms with Crippen molar-refractivity contribution < 1.29 is 4.79 Å². The van der Waals surface area contributed by atoms with Gasteiger partial charge in [-0.2, -0.15) is 9.50 Å². The molecule has 1 amide bonds. The Balaban J connectivity index is 1.76. The van der Waals surface area contributed by atoms with Crippen LogP contribution in [0.15, 0.2) is 6.33 Å². The van der Waals surface area contributed by atoms with Gasteiger partial charge in [0.15, 0.2) is 0 Å². The summed E-state index contributed by atoms with van der Waals surface area (Å²) < 4.78 is 1.54. The number of fused-ring (bicyclic) bond motifs is 1. The number of aromatic amines is 1. The smallest absolute Gasteiger partial charge is 0.273 e. The van der Waals surface area contributed by atoms with Gasteiger partial charge >= 0.3 is 0 Å². The molecule has 18 heavy (non-hydrogen) atoms. The van der Waals surface area contributed by atoms with Crippen LogP contribution in [0.1, 0.15) is 45.4 Å². The molecule has 0 aliphatic carbocycles. The molecule has 2 N–H and O–H groups in total. The van der Waals surface area contributed by atoms with E-state index in [9.17, 15) is 4.79 Å². The Bertz CT molecular complexity index is 502. The molecule has 0 atom stereocenters. The quantitative estimate of drug-likeness (QED) is 0.733. The lowest BCUT2D eigenvalue weighted by Crippen LogP contribution is -2.13. The predicted octanol–water partition coefficient (Wildman–Crippen LogP) is 1.75. The minimum Gasteiger partial charge on any atom is -0.293 e. The van der Waals surface area contributed by atoms with E-state index in [1.165, 1.54) is 30.1 Å². The van der Waals surface area contributed by atoms with Crippen LogP contribution in [0.5, 0.6) is 0 Å². The van der Waals surface area contributed by atoms with Gasteiger partial charge in [0, 0.05) is 6.42 Å². The fourth-order valence-electron chi connectivity index (χ4n) is 1.78. The number of nitrogens with one attached hydrogen (secondary N) is 2. The summed E-state index contributed by atoms with van der Waals surface area (Å²) in [6.45, 7) is 2.17. The normalized spacial score (nSPS) is 10.9. The number of anilines is 1. The fraction of sp³-hybridized carbons (Fsp3) is 0.636. The van der Waals surface area contributed by atoms with Crippen molar-refractivity contribution in [3.05, 3.63) is 6.33 Å². The summed E-state index contributed by atoms with van der Waals surface area (Å²) in [7, 11) is 0. The lowest BCUT2D eigenvalue weighted by molar-refractivity contribution is -0.116. The number of aromatic nitrogens is 5. The van der Waals surface area contributed by atoms with Crippen LogP contribution in [0.25, 0.3) is 5.78 Å². The van der Waals surface area contributed by atoms with Crippen LogP contribution in [-0.2, 0) is 4.79 Å². The molecule has 0 fully saturated rings. The maximum absolute atomic E-state index is 11.7. The van der Waals surface area contributed by atoms with E-state index in [1.807, 2.05) is 0 Å². The standard InChI is InChI=1S/C11H18N6O/c1-2-3-4-5-6-7-9(18)14-11-16-15-10-12-8-13-17(10)11/h8H,2-7H2,1H3,(H,12,13,15)(H,14,16,18). The minimum atomic E-state index is -0.0320. The molecule has 0 saturated heterocycles. The van der Waals surface area contributed by atoms with E-state index >= 15 is 0 Å². The van der Waals surface area contributed by atoms with Crippen LogP contribution in [0, 0.1) is 0 Å². The number of carbonyl (C=O) groups is 1. The van der Waals surface area contributed by atoms with Crippen molar-refractivity contribution in [1.29, 1.82) is 0 Å². The summed E-state index contributed by atoms with van der Waals surface area (Å²) in [6.07, 6.45) is 7.68. The Labute approximate surface area is 105 Å². The van der Waals surface area contributed by atoms with Crippen molar-refractivity contribution in [2.75, 3.05) is 5.32 Å². The first-order chi connectivity index (χ1) is 8.81. The third-order valence-corrected chi connectivity index (χ3v) is 2.77. The largest absolute Gasteiger partial charge is 0.293 e. The van der Waals surface area contributed by atoms with Gasteiger partial charge in [0.05, 0.1) is 0 Å². The van der Waals surface area contributed by atoms with Crippen LogP contribution in [0.3, 0.4) is 0 Å². The van der Waals surface area contributed by atoms with Crippen LogP contribution in [-0.4, -0.2) is 30.7 Å². The summed E-state index contributed by atoms with van der Waals surface area (Å²) in [5.41, 5.74) is 0. The highest BCUT2D eigenvalue weighted by molar-refractivity contribution is 5.89. The Kier molecular flexibility index (Phi) is 4.27. The van der Waals surface area contributed by atoms with E-state index in [1.54, 1.807) is 0 Å². The molecule has 0 aliphatic heterocycles. The van der Waals surface area contributed by atoms with Crippen LogP contribution in [0.4, 0.5) is 5.95 Å². The zero-order valence-electron chi connectivity index (χ0n) is 10.5. The van der Waals surface area contributed by atoms with Gasteiger partial charge in [-0.15, -0.1) is 10.2 Å². The van der Waals surface area contributed by atoms with Crippen molar-refractivity contribution in [3.8, 4) is 0 Å². The Morgan fingerprint density at radius 1 is 1.33 bits per heavy atom. The molecule has 7 heteroatoms. The van der Waals surface area contributed by atoms with E-state index in [4.69, 9.17) is 0 Å². The van der Waals surface area contributed by atoms with Gasteiger partial charge < -0.3 is 0 Å². The monoisotopic (exact) mass is 250 g/mol. The van der Waals surface area contributed by atoms with Gasteiger partial charge in [-0.25, -0.2) is 0 Å². The van der Waals surface area contributed by atoms with E-state index in [0.29, 0.717) is 18.1 Å². The Hall–Kier alpha value is -1.92. The molecule has 7 nitrogen and oxygen atoms in total. The first kappa shape index (κ1) is 12.5. The summed E-state index contributed by atoms with van der Waals surface area (Å²) >= 11 is 0. The van der Waals surface area contributed by atoms with E-state index in [2.05, 4.69) is 32.5 Å². The first-order valence-electron chi connectivity index (χ1n) is 6.35. The molecule has 2 aromatic heterocycles. The molecule has 0 aromatic carbocycles. The zero-order valence-corrected chi connectivity index (χ0v) is 10.5. The Morgan fingerprint density at radius 3 is 3.00 bits per heavy atom. The number of rotatable bonds is 7. The highest BCUT2D eigenvalue weighted by atomic mass is 16.1. The summed E-state index contributed by atoms with van der Waals surface area (Å²) in [6, 6.07) is 0. The van der Waals surface area contributed by atoms with Crippen molar-refractivity contribution in [2.24, 2.45) is 0 Å². The maximum atomic E-state index is 11.7. The number of unbranched alkanes of at least 4 members (excludes halogenated alkanes) is 4. The zero-order chi connectivity index (χ0) is 12.8. The van der Waals surface area contributed by atoms with Crippen molar-refractivity contribution >= 4 is 17.6 Å². The number of hydrogen-bond acceptors (Lipinski definition) is 4. The molecular weight excluding hydrogens is 232 g/mol. The predicted molar refractivity (Wildman–Crippen MR) is 67.1 cm³/mol. The van der Waals surface area contributed by atoms with Crippen molar-refractivity contribution in [2.45, 2.75) is 45.4 Å². The molecule has 2 rings (SSSR count). The minimum absolute atomic E-state index is 0.0320. The second-order valence-electron chi connectivity index (χ2n) is 4.26. The second kappa shape index (κ2) is 6.13. The number of amides is 1. The third kappa shape index (κ3) is 3.06. The average molecular weight is 250 g/mol. The lowest BCUT2D eigenvalue weighted by Gasteiger charge is -2.02. The average Bonchev–Trinajstić information content (AvgIpc) is 2.94. The van der Waals surface area contributed by atoms with Crippen LogP contribution in [0.2, 0.25) is 0 Å². The van der Waals surface area contributed by atoms with Crippen LogP contribution >= 0.6 is 0 Å². The fourth-order valence-corrected chi connectivity index (χ4v) is 1.78. The van der Waals surface area contributed by atoms with Crippen molar-refractivity contribution in [3.63, 3.8) is 0 Å². The van der Waals surface area contributed by atoms with Crippen LogP contribution < -0.4 is 5.32 Å². The van der Waals surface area contributed by atoms with Gasteiger partial charge in [-0.3, -0.25) is 15.2 Å². The van der Waals surface area contributed by atoms with E-state index < -0.39 is 0 Å². The lowest BCUT2D eigenvalue weighted by atomic mass is 10.1. The molecule has 2 heterocycles. The number of carbonyl (C=O) groups excluding carboxylic acids is 1. The molecular formula is C11H18N6O. The molecule has 2 aromatic rings.